The van der Waals surface area contributed by atoms with E-state index in [0.717, 1.165) is 5.56 Å². The van der Waals surface area contributed by atoms with E-state index in [4.69, 9.17) is 0 Å². The largest absolute Gasteiger partial charge is 0.388 e. The zero-order chi connectivity index (χ0) is 8.10. The van der Waals surface area contributed by atoms with Crippen molar-refractivity contribution in [1.82, 2.24) is 0 Å². The highest BCUT2D eigenvalue weighted by molar-refractivity contribution is 5.16. The Morgan fingerprint density at radius 2 is 1.91 bits per heavy atom. The van der Waals surface area contributed by atoms with E-state index in [2.05, 4.69) is 0 Å². The van der Waals surface area contributed by atoms with Crippen LogP contribution >= 0.6 is 0 Å². The average molecular weight is 154 g/mol. The summed E-state index contributed by atoms with van der Waals surface area (Å²) in [4.78, 5) is 0. The van der Waals surface area contributed by atoms with Crippen LogP contribution in [-0.4, -0.2) is 11.8 Å². The Morgan fingerprint density at radius 1 is 1.27 bits per heavy atom. The molecule has 0 aliphatic carbocycles. The molecule has 2 heteroatoms. The molecule has 0 aromatic heterocycles. The molecule has 0 saturated heterocycles. The molecule has 1 atom stereocenters. The molecule has 0 heterocycles. The van der Waals surface area contributed by atoms with Crippen LogP contribution in [0.2, 0.25) is 0 Å². The molecule has 1 N–H and O–H groups in total. The molecule has 0 saturated carbocycles. The lowest BCUT2D eigenvalue weighted by molar-refractivity contribution is 0.156. The van der Waals surface area contributed by atoms with Crippen LogP contribution in [0.1, 0.15) is 18.1 Å². The zero-order valence-electron chi connectivity index (χ0n) is 6.20. The summed E-state index contributed by atoms with van der Waals surface area (Å²) in [6, 6.07) is 9.11. The van der Waals surface area contributed by atoms with Crippen molar-refractivity contribution in [2.24, 2.45) is 0 Å². The standard InChI is InChI=1S/C9H11FO/c10-7-6-9(11)8-4-2-1-3-5-8/h1-5,9,11H,6-7H2. The van der Waals surface area contributed by atoms with E-state index in [-0.39, 0.29) is 6.42 Å². The van der Waals surface area contributed by atoms with Crippen molar-refractivity contribution >= 4 is 0 Å². The average Bonchev–Trinajstić information content (AvgIpc) is 2.07. The first-order valence-electron chi connectivity index (χ1n) is 3.63. The van der Waals surface area contributed by atoms with Crippen molar-refractivity contribution in [2.75, 3.05) is 6.67 Å². The summed E-state index contributed by atoms with van der Waals surface area (Å²) < 4.78 is 11.8. The molecule has 1 aromatic carbocycles. The van der Waals surface area contributed by atoms with Gasteiger partial charge in [0, 0.05) is 6.42 Å². The van der Waals surface area contributed by atoms with E-state index in [1.807, 2.05) is 18.2 Å². The third-order valence-corrected chi connectivity index (χ3v) is 1.57. The molecule has 1 rings (SSSR count). The Balaban J connectivity index is 2.61. The van der Waals surface area contributed by atoms with E-state index in [0.29, 0.717) is 0 Å². The fraction of sp³-hybridized carbons (Fsp3) is 0.333. The minimum Gasteiger partial charge on any atom is -0.388 e. The molecule has 60 valence electrons. The van der Waals surface area contributed by atoms with Crippen LogP contribution < -0.4 is 0 Å². The molecule has 0 aliphatic heterocycles. The minimum absolute atomic E-state index is 0.185. The second-order valence-electron chi connectivity index (χ2n) is 2.40. The van der Waals surface area contributed by atoms with Gasteiger partial charge in [0.15, 0.2) is 0 Å². The fourth-order valence-corrected chi connectivity index (χ4v) is 0.945. The van der Waals surface area contributed by atoms with Crippen LogP contribution in [0, 0.1) is 0 Å². The Labute approximate surface area is 65.5 Å². The van der Waals surface area contributed by atoms with Gasteiger partial charge in [-0.05, 0) is 5.56 Å². The van der Waals surface area contributed by atoms with Crippen LogP contribution in [0.3, 0.4) is 0 Å². The Bertz CT molecular complexity index is 198. The third-order valence-electron chi connectivity index (χ3n) is 1.57. The van der Waals surface area contributed by atoms with Gasteiger partial charge in [0.25, 0.3) is 0 Å². The van der Waals surface area contributed by atoms with Gasteiger partial charge in [-0.15, -0.1) is 0 Å². The second-order valence-corrected chi connectivity index (χ2v) is 2.40. The van der Waals surface area contributed by atoms with Crippen molar-refractivity contribution in [2.45, 2.75) is 12.5 Å². The summed E-state index contributed by atoms with van der Waals surface area (Å²) in [7, 11) is 0. The molecule has 0 aliphatic rings. The Kier molecular flexibility index (Phi) is 3.05. The number of hydrogen-bond acceptors (Lipinski definition) is 1. The van der Waals surface area contributed by atoms with Gasteiger partial charge in [0.2, 0.25) is 0 Å². The number of alkyl halides is 1. The third kappa shape index (κ3) is 2.31. The van der Waals surface area contributed by atoms with Crippen LogP contribution in [-0.2, 0) is 0 Å². The highest BCUT2D eigenvalue weighted by atomic mass is 19.1. The van der Waals surface area contributed by atoms with Gasteiger partial charge < -0.3 is 5.11 Å². The lowest BCUT2D eigenvalue weighted by Crippen LogP contribution is -1.97. The summed E-state index contributed by atoms with van der Waals surface area (Å²) in [6.07, 6.45) is -0.467. The molecule has 0 radical (unpaired) electrons. The molecule has 0 amide bonds. The topological polar surface area (TPSA) is 20.2 Å². The number of hydrogen-bond donors (Lipinski definition) is 1. The van der Waals surface area contributed by atoms with E-state index < -0.39 is 12.8 Å². The zero-order valence-corrected chi connectivity index (χ0v) is 6.20. The smallest absolute Gasteiger partial charge is 0.0922 e. The SMILES string of the molecule is OC(CCF)c1ccccc1. The number of halogens is 1. The first kappa shape index (κ1) is 8.21. The molecular formula is C9H11FO. The number of benzene rings is 1. The van der Waals surface area contributed by atoms with E-state index in [1.54, 1.807) is 12.1 Å². The normalized spacial score (nSPS) is 12.9. The predicted octanol–water partition coefficient (Wildman–Crippen LogP) is 2.08. The molecule has 1 nitrogen and oxygen atoms in total. The van der Waals surface area contributed by atoms with Crippen molar-refractivity contribution in [3.8, 4) is 0 Å². The molecule has 0 fully saturated rings. The number of aliphatic hydroxyl groups is 1. The lowest BCUT2D eigenvalue weighted by atomic mass is 10.1. The highest BCUT2D eigenvalue weighted by Crippen LogP contribution is 2.15. The van der Waals surface area contributed by atoms with Crippen LogP contribution in [0.5, 0.6) is 0 Å². The quantitative estimate of drug-likeness (QED) is 0.706. The summed E-state index contributed by atoms with van der Waals surface area (Å²) in [6.45, 7) is -0.476. The van der Waals surface area contributed by atoms with Gasteiger partial charge in [-0.1, -0.05) is 30.3 Å². The molecule has 0 bridgehead atoms. The Hall–Kier alpha value is -0.890. The van der Waals surface area contributed by atoms with E-state index in [1.165, 1.54) is 0 Å². The summed E-state index contributed by atoms with van der Waals surface area (Å²) >= 11 is 0. The Morgan fingerprint density at radius 3 is 2.45 bits per heavy atom. The number of aliphatic hydroxyl groups excluding tert-OH is 1. The van der Waals surface area contributed by atoms with Gasteiger partial charge in [-0.3, -0.25) is 4.39 Å². The van der Waals surface area contributed by atoms with Crippen molar-refractivity contribution < 1.29 is 9.50 Å². The van der Waals surface area contributed by atoms with Crippen LogP contribution in [0.4, 0.5) is 4.39 Å². The highest BCUT2D eigenvalue weighted by Gasteiger charge is 2.04. The second kappa shape index (κ2) is 4.09. The van der Waals surface area contributed by atoms with Gasteiger partial charge in [-0.25, -0.2) is 0 Å². The molecule has 11 heavy (non-hydrogen) atoms. The van der Waals surface area contributed by atoms with Crippen molar-refractivity contribution in [3.05, 3.63) is 35.9 Å². The number of rotatable bonds is 3. The van der Waals surface area contributed by atoms with Gasteiger partial charge >= 0.3 is 0 Å². The monoisotopic (exact) mass is 154 g/mol. The first-order chi connectivity index (χ1) is 5.34. The first-order valence-corrected chi connectivity index (χ1v) is 3.63. The van der Waals surface area contributed by atoms with E-state index >= 15 is 0 Å². The maximum absolute atomic E-state index is 11.8. The van der Waals surface area contributed by atoms with Gasteiger partial charge in [0.1, 0.15) is 0 Å². The van der Waals surface area contributed by atoms with Gasteiger partial charge in [0.05, 0.1) is 12.8 Å². The van der Waals surface area contributed by atoms with E-state index in [9.17, 15) is 9.50 Å². The summed E-state index contributed by atoms with van der Waals surface area (Å²) in [5.41, 5.74) is 0.783. The summed E-state index contributed by atoms with van der Waals surface area (Å²) in [5.74, 6) is 0. The molecule has 0 spiro atoms. The molecular weight excluding hydrogens is 143 g/mol. The van der Waals surface area contributed by atoms with Gasteiger partial charge in [-0.2, -0.15) is 0 Å². The predicted molar refractivity (Wildman–Crippen MR) is 42.0 cm³/mol. The maximum atomic E-state index is 11.8. The molecule has 1 aromatic rings. The summed E-state index contributed by atoms with van der Waals surface area (Å²) in [5, 5.41) is 9.28. The van der Waals surface area contributed by atoms with Crippen molar-refractivity contribution in [3.63, 3.8) is 0 Å². The lowest BCUT2D eigenvalue weighted by Gasteiger charge is -2.06. The maximum Gasteiger partial charge on any atom is 0.0922 e. The van der Waals surface area contributed by atoms with Crippen LogP contribution in [0.15, 0.2) is 30.3 Å². The minimum atomic E-state index is -0.652. The molecule has 1 unspecified atom stereocenters. The van der Waals surface area contributed by atoms with Crippen molar-refractivity contribution in [1.29, 1.82) is 0 Å². The fourth-order valence-electron chi connectivity index (χ4n) is 0.945. The van der Waals surface area contributed by atoms with Crippen LogP contribution in [0.25, 0.3) is 0 Å².